The lowest BCUT2D eigenvalue weighted by Gasteiger charge is -2.35. The van der Waals surface area contributed by atoms with Gasteiger partial charge in [0.2, 0.25) is 15.5 Å². The SMILES string of the molecule is CCn1cc(C(=O)N2C[C@@H](C)C[C@H](C)C2)c(=O)c2cc(S(=O)(=O)N3CCCCCC3)ccc21. The van der Waals surface area contributed by atoms with Gasteiger partial charge in [0, 0.05) is 44.3 Å². The van der Waals surface area contributed by atoms with Gasteiger partial charge in [0.1, 0.15) is 5.56 Å². The molecular formula is C25H35N3O4S. The molecule has 0 bridgehead atoms. The van der Waals surface area contributed by atoms with Crippen molar-refractivity contribution in [1.82, 2.24) is 13.8 Å². The largest absolute Gasteiger partial charge is 0.347 e. The van der Waals surface area contributed by atoms with E-state index in [1.165, 1.54) is 10.4 Å². The van der Waals surface area contributed by atoms with Crippen molar-refractivity contribution in [2.45, 2.75) is 64.3 Å². The number of sulfonamides is 1. The van der Waals surface area contributed by atoms with Gasteiger partial charge >= 0.3 is 0 Å². The fourth-order valence-corrected chi connectivity index (χ4v) is 6.93. The molecule has 8 heteroatoms. The van der Waals surface area contributed by atoms with E-state index in [-0.39, 0.29) is 21.8 Å². The van der Waals surface area contributed by atoms with Crippen LogP contribution in [0, 0.1) is 11.8 Å². The van der Waals surface area contributed by atoms with Crippen molar-refractivity contribution in [3.8, 4) is 0 Å². The van der Waals surface area contributed by atoms with Gasteiger partial charge in [-0.25, -0.2) is 8.42 Å². The van der Waals surface area contributed by atoms with Gasteiger partial charge in [-0.05, 0) is 56.2 Å². The summed E-state index contributed by atoms with van der Waals surface area (Å²) in [6.45, 7) is 9.05. The number of carbonyl (C=O) groups excluding carboxylic acids is 1. The van der Waals surface area contributed by atoms with E-state index < -0.39 is 15.5 Å². The Bertz CT molecular complexity index is 1190. The lowest BCUT2D eigenvalue weighted by molar-refractivity contribution is 0.0621. The number of amides is 1. The second kappa shape index (κ2) is 9.58. The molecule has 3 heterocycles. The van der Waals surface area contributed by atoms with Gasteiger partial charge < -0.3 is 9.47 Å². The first-order valence-electron chi connectivity index (χ1n) is 12.2. The molecule has 0 spiro atoms. The van der Waals surface area contributed by atoms with E-state index in [1.807, 2.05) is 11.5 Å². The molecule has 1 aromatic carbocycles. The molecule has 2 aliphatic rings. The molecule has 0 saturated carbocycles. The summed E-state index contributed by atoms with van der Waals surface area (Å²) < 4.78 is 30.1. The van der Waals surface area contributed by atoms with Gasteiger partial charge in [0.15, 0.2) is 0 Å². The monoisotopic (exact) mass is 473 g/mol. The van der Waals surface area contributed by atoms with Crippen LogP contribution < -0.4 is 5.43 Å². The fourth-order valence-electron chi connectivity index (χ4n) is 5.38. The van der Waals surface area contributed by atoms with Crippen molar-refractivity contribution in [2.24, 2.45) is 11.8 Å². The zero-order valence-corrected chi connectivity index (χ0v) is 20.7. The first kappa shape index (κ1) is 24.0. The Morgan fingerprint density at radius 2 is 1.67 bits per heavy atom. The van der Waals surface area contributed by atoms with Crippen molar-refractivity contribution in [1.29, 1.82) is 0 Å². The number of fused-ring (bicyclic) bond motifs is 1. The molecule has 4 rings (SSSR count). The summed E-state index contributed by atoms with van der Waals surface area (Å²) in [7, 11) is -3.69. The van der Waals surface area contributed by atoms with Crippen LogP contribution in [0.15, 0.2) is 34.1 Å². The highest BCUT2D eigenvalue weighted by atomic mass is 32.2. The third-order valence-electron chi connectivity index (χ3n) is 6.98. The Morgan fingerprint density at radius 3 is 2.27 bits per heavy atom. The Hall–Kier alpha value is -2.19. The average Bonchev–Trinajstić information content (AvgIpc) is 3.08. The molecule has 0 radical (unpaired) electrons. The van der Waals surface area contributed by atoms with Crippen molar-refractivity contribution in [3.63, 3.8) is 0 Å². The maximum absolute atomic E-state index is 13.5. The summed E-state index contributed by atoms with van der Waals surface area (Å²) in [5.74, 6) is 0.511. The standard InChI is InChI=1S/C25H35N3O4S/c1-4-26-17-22(25(30)27-15-18(2)13-19(3)16-27)24(29)21-14-20(9-10-23(21)26)33(31,32)28-11-7-5-6-8-12-28/h9-10,14,17-19H,4-8,11-13,15-16H2,1-3H3/t18-,19-/m0/s1. The van der Waals surface area contributed by atoms with Gasteiger partial charge in [-0.15, -0.1) is 0 Å². The summed E-state index contributed by atoms with van der Waals surface area (Å²) in [4.78, 5) is 28.8. The Kier molecular flexibility index (Phi) is 6.96. The number of likely N-dealkylation sites (tertiary alicyclic amines) is 1. The number of aromatic nitrogens is 1. The van der Waals surface area contributed by atoms with E-state index in [2.05, 4.69) is 13.8 Å². The number of benzene rings is 1. The van der Waals surface area contributed by atoms with Crippen LogP contribution in [0.3, 0.4) is 0 Å². The average molecular weight is 474 g/mol. The lowest BCUT2D eigenvalue weighted by atomic mass is 9.91. The zero-order chi connectivity index (χ0) is 23.8. The van der Waals surface area contributed by atoms with E-state index in [0.717, 1.165) is 32.1 Å². The minimum Gasteiger partial charge on any atom is -0.347 e. The molecule has 2 aromatic rings. The number of aryl methyl sites for hydroxylation is 1. The number of pyridine rings is 1. The summed E-state index contributed by atoms with van der Waals surface area (Å²) in [5, 5.41) is 0.289. The minimum absolute atomic E-state index is 0.120. The van der Waals surface area contributed by atoms with E-state index in [4.69, 9.17) is 0 Å². The predicted octanol–water partition coefficient (Wildman–Crippen LogP) is 3.70. The van der Waals surface area contributed by atoms with E-state index in [9.17, 15) is 18.0 Å². The normalized spacial score (nSPS) is 22.9. The molecule has 2 atom stereocenters. The zero-order valence-electron chi connectivity index (χ0n) is 19.9. The fraction of sp³-hybridized carbons (Fsp3) is 0.600. The van der Waals surface area contributed by atoms with Crippen molar-refractivity contribution in [2.75, 3.05) is 26.2 Å². The Labute approximate surface area is 196 Å². The quantitative estimate of drug-likeness (QED) is 0.678. The van der Waals surface area contributed by atoms with Crippen LogP contribution in [0.4, 0.5) is 0 Å². The van der Waals surface area contributed by atoms with E-state index >= 15 is 0 Å². The summed E-state index contributed by atoms with van der Waals surface area (Å²) in [5.41, 5.74) is 0.378. The molecule has 2 aliphatic heterocycles. The molecule has 180 valence electrons. The Morgan fingerprint density at radius 1 is 1.03 bits per heavy atom. The van der Waals surface area contributed by atoms with E-state index in [0.29, 0.717) is 50.1 Å². The molecule has 0 N–H and O–H groups in total. The molecule has 2 saturated heterocycles. The maximum atomic E-state index is 13.5. The molecular weight excluding hydrogens is 438 g/mol. The second-order valence-electron chi connectivity index (χ2n) is 9.81. The molecule has 1 amide bonds. The van der Waals surface area contributed by atoms with Crippen LogP contribution in [-0.4, -0.2) is 54.3 Å². The molecule has 0 aliphatic carbocycles. The summed E-state index contributed by atoms with van der Waals surface area (Å²) >= 11 is 0. The Balaban J connectivity index is 1.78. The van der Waals surface area contributed by atoms with Crippen LogP contribution in [0.2, 0.25) is 0 Å². The first-order valence-corrected chi connectivity index (χ1v) is 13.6. The molecule has 2 fully saturated rings. The number of carbonyl (C=O) groups is 1. The molecule has 7 nitrogen and oxygen atoms in total. The van der Waals surface area contributed by atoms with Crippen LogP contribution in [0.25, 0.3) is 10.9 Å². The third kappa shape index (κ3) is 4.73. The van der Waals surface area contributed by atoms with Gasteiger partial charge in [-0.1, -0.05) is 26.7 Å². The highest BCUT2D eigenvalue weighted by Crippen LogP contribution is 2.25. The second-order valence-corrected chi connectivity index (χ2v) is 11.7. The van der Waals surface area contributed by atoms with Crippen LogP contribution in [0.1, 0.15) is 63.2 Å². The summed E-state index contributed by atoms with van der Waals surface area (Å²) in [6.07, 6.45) is 6.47. The van der Waals surface area contributed by atoms with Crippen molar-refractivity contribution >= 4 is 26.8 Å². The smallest absolute Gasteiger partial charge is 0.259 e. The van der Waals surface area contributed by atoms with Crippen LogP contribution in [0.5, 0.6) is 0 Å². The van der Waals surface area contributed by atoms with Gasteiger partial charge in [-0.3, -0.25) is 9.59 Å². The predicted molar refractivity (Wildman–Crippen MR) is 130 cm³/mol. The third-order valence-corrected chi connectivity index (χ3v) is 8.88. The van der Waals surface area contributed by atoms with E-state index in [1.54, 1.807) is 23.2 Å². The van der Waals surface area contributed by atoms with Crippen molar-refractivity contribution < 1.29 is 13.2 Å². The highest BCUT2D eigenvalue weighted by Gasteiger charge is 2.29. The van der Waals surface area contributed by atoms with Gasteiger partial charge in [0.05, 0.1) is 10.4 Å². The maximum Gasteiger partial charge on any atom is 0.259 e. The van der Waals surface area contributed by atoms with Gasteiger partial charge in [0.25, 0.3) is 5.91 Å². The molecule has 33 heavy (non-hydrogen) atoms. The van der Waals surface area contributed by atoms with Crippen LogP contribution in [-0.2, 0) is 16.6 Å². The number of hydrogen-bond acceptors (Lipinski definition) is 4. The topological polar surface area (TPSA) is 79.7 Å². The number of piperidine rings is 1. The lowest BCUT2D eigenvalue weighted by Crippen LogP contribution is -2.44. The van der Waals surface area contributed by atoms with Crippen LogP contribution >= 0.6 is 0 Å². The first-order chi connectivity index (χ1) is 15.7. The van der Waals surface area contributed by atoms with Gasteiger partial charge in [-0.2, -0.15) is 4.31 Å². The highest BCUT2D eigenvalue weighted by molar-refractivity contribution is 7.89. The number of rotatable bonds is 4. The summed E-state index contributed by atoms with van der Waals surface area (Å²) in [6, 6.07) is 4.76. The minimum atomic E-state index is -3.69. The molecule has 0 unspecified atom stereocenters. The molecule has 1 aromatic heterocycles. The van der Waals surface area contributed by atoms with Crippen molar-refractivity contribution in [3.05, 3.63) is 40.2 Å². The number of nitrogens with zero attached hydrogens (tertiary/aromatic N) is 3. The number of hydrogen-bond donors (Lipinski definition) is 0.